The van der Waals surface area contributed by atoms with E-state index in [1.165, 1.54) is 5.57 Å². The molecule has 8 heavy (non-hydrogen) atoms. The minimum atomic E-state index is -0.0928. The van der Waals surface area contributed by atoms with Crippen molar-refractivity contribution in [1.29, 1.82) is 0 Å². The molecule has 0 bridgehead atoms. The quantitative estimate of drug-likeness (QED) is 0.489. The van der Waals surface area contributed by atoms with Gasteiger partial charge in [0.15, 0.2) is 0 Å². The molecule has 0 aliphatic carbocycles. The van der Waals surface area contributed by atoms with Gasteiger partial charge in [-0.25, -0.2) is 0 Å². The standard InChI is InChI=1S/C6H9NS/c1-6-2-4-8(7)5-3-6/h2-5H,7H2,1H3. The lowest BCUT2D eigenvalue weighted by molar-refractivity contribution is 1.55. The van der Waals surface area contributed by atoms with E-state index in [-0.39, 0.29) is 10.7 Å². The van der Waals surface area contributed by atoms with Gasteiger partial charge in [0.25, 0.3) is 0 Å². The molecule has 1 nitrogen and oxygen atoms in total. The fourth-order valence-corrected chi connectivity index (χ4v) is 1.31. The summed E-state index contributed by atoms with van der Waals surface area (Å²) in [7, 11) is -0.0928. The zero-order valence-corrected chi connectivity index (χ0v) is 5.61. The highest BCUT2D eigenvalue weighted by Crippen LogP contribution is 2.10. The lowest BCUT2D eigenvalue weighted by Crippen LogP contribution is -1.86. The minimum Gasteiger partial charge on any atom is -0.280 e. The summed E-state index contributed by atoms with van der Waals surface area (Å²) < 4.78 is 0. The molecule has 0 fully saturated rings. The molecule has 0 amide bonds. The van der Waals surface area contributed by atoms with Crippen molar-refractivity contribution < 1.29 is 0 Å². The van der Waals surface area contributed by atoms with E-state index in [1.807, 2.05) is 22.9 Å². The monoisotopic (exact) mass is 127 g/mol. The van der Waals surface area contributed by atoms with Crippen LogP contribution >= 0.6 is 10.7 Å². The smallest absolute Gasteiger partial charge is 0.0206 e. The molecule has 1 aliphatic rings. The summed E-state index contributed by atoms with van der Waals surface area (Å²) >= 11 is 0. The van der Waals surface area contributed by atoms with E-state index in [0.717, 1.165) is 0 Å². The molecule has 0 aromatic rings. The second kappa shape index (κ2) is 2.29. The third-order valence-electron chi connectivity index (χ3n) is 0.976. The Balaban J connectivity index is 2.86. The average molecular weight is 127 g/mol. The molecule has 0 spiro atoms. The van der Waals surface area contributed by atoms with Crippen LogP contribution in [0.5, 0.6) is 0 Å². The van der Waals surface area contributed by atoms with Crippen LogP contribution in [-0.2, 0) is 0 Å². The first kappa shape index (κ1) is 5.79. The Morgan fingerprint density at radius 3 is 2.75 bits per heavy atom. The maximum absolute atomic E-state index is 5.54. The maximum Gasteiger partial charge on any atom is -0.0206 e. The van der Waals surface area contributed by atoms with Crippen LogP contribution in [0.2, 0.25) is 0 Å². The number of rotatable bonds is 0. The van der Waals surface area contributed by atoms with E-state index < -0.39 is 0 Å². The third kappa shape index (κ3) is 1.32. The Kier molecular flexibility index (Phi) is 1.65. The van der Waals surface area contributed by atoms with Crippen molar-refractivity contribution in [3.63, 3.8) is 0 Å². The van der Waals surface area contributed by atoms with Crippen LogP contribution in [0.3, 0.4) is 0 Å². The molecule has 44 valence electrons. The molecule has 1 heterocycles. The molecule has 0 saturated carbocycles. The molecule has 0 aromatic carbocycles. The van der Waals surface area contributed by atoms with Gasteiger partial charge < -0.3 is 0 Å². The predicted molar refractivity (Wildman–Crippen MR) is 40.7 cm³/mol. The molecule has 0 aromatic heterocycles. The van der Waals surface area contributed by atoms with Crippen LogP contribution < -0.4 is 5.14 Å². The van der Waals surface area contributed by atoms with E-state index in [4.69, 9.17) is 5.14 Å². The molecular formula is C6H9NS. The van der Waals surface area contributed by atoms with Crippen molar-refractivity contribution in [2.45, 2.75) is 6.92 Å². The van der Waals surface area contributed by atoms with Crippen molar-refractivity contribution in [3.05, 3.63) is 23.1 Å². The highest BCUT2D eigenvalue weighted by Gasteiger charge is 1.85. The number of hydrogen-bond acceptors (Lipinski definition) is 1. The predicted octanol–water partition coefficient (Wildman–Crippen LogP) is 1.40. The Morgan fingerprint density at radius 2 is 2.38 bits per heavy atom. The van der Waals surface area contributed by atoms with Gasteiger partial charge in [0.1, 0.15) is 0 Å². The average Bonchev–Trinajstić information content (AvgIpc) is 1.77. The molecule has 0 saturated heterocycles. The first-order valence-electron chi connectivity index (χ1n) is 2.45. The lowest BCUT2D eigenvalue weighted by Gasteiger charge is -1.97. The molecule has 2 heteroatoms. The van der Waals surface area contributed by atoms with Crippen LogP contribution in [0, 0.1) is 0 Å². The van der Waals surface area contributed by atoms with Crippen LogP contribution in [0.25, 0.3) is 0 Å². The van der Waals surface area contributed by atoms with Crippen LogP contribution in [0.1, 0.15) is 6.92 Å². The van der Waals surface area contributed by atoms with Gasteiger partial charge in [-0.2, -0.15) is 0 Å². The van der Waals surface area contributed by atoms with Gasteiger partial charge >= 0.3 is 0 Å². The summed E-state index contributed by atoms with van der Waals surface area (Å²) in [6.07, 6.45) is 4.09. The van der Waals surface area contributed by atoms with Crippen LogP contribution in [-0.4, -0.2) is 5.37 Å². The molecule has 2 N–H and O–H groups in total. The van der Waals surface area contributed by atoms with Gasteiger partial charge in [0, 0.05) is 0 Å². The zero-order valence-electron chi connectivity index (χ0n) is 4.79. The first-order chi connectivity index (χ1) is 3.79. The summed E-state index contributed by atoms with van der Waals surface area (Å²) in [6.45, 7) is 2.06. The van der Waals surface area contributed by atoms with Crippen LogP contribution in [0.4, 0.5) is 0 Å². The van der Waals surface area contributed by atoms with E-state index in [0.29, 0.717) is 0 Å². The zero-order chi connectivity index (χ0) is 5.98. The normalized spacial score (nSPS) is 26.8. The highest BCUT2D eigenvalue weighted by molar-refractivity contribution is 8.15. The van der Waals surface area contributed by atoms with Crippen molar-refractivity contribution in [2.24, 2.45) is 5.14 Å². The van der Waals surface area contributed by atoms with Crippen molar-refractivity contribution >= 4 is 16.0 Å². The Morgan fingerprint density at radius 1 is 1.62 bits per heavy atom. The van der Waals surface area contributed by atoms with Crippen molar-refractivity contribution in [3.8, 4) is 0 Å². The number of hydrogen-bond donors (Lipinski definition) is 1. The van der Waals surface area contributed by atoms with Gasteiger partial charge in [-0.1, -0.05) is 28.4 Å². The number of nitrogens with two attached hydrogens (primary N) is 1. The second-order valence-corrected chi connectivity index (χ2v) is 3.12. The molecular weight excluding hydrogens is 118 g/mol. The van der Waals surface area contributed by atoms with Gasteiger partial charge in [0.2, 0.25) is 0 Å². The molecule has 0 radical (unpaired) electrons. The summed E-state index contributed by atoms with van der Waals surface area (Å²) in [6, 6.07) is 0. The first-order valence-corrected chi connectivity index (χ1v) is 3.87. The van der Waals surface area contributed by atoms with Gasteiger partial charge in [0.05, 0.1) is 0 Å². The maximum atomic E-state index is 5.54. The van der Waals surface area contributed by atoms with Gasteiger partial charge in [-0.15, -0.1) is 0 Å². The Bertz CT molecular complexity index is 157. The third-order valence-corrected chi connectivity index (χ3v) is 1.88. The van der Waals surface area contributed by atoms with E-state index in [1.54, 1.807) is 0 Å². The van der Waals surface area contributed by atoms with Gasteiger partial charge in [-0.05, 0) is 17.7 Å². The van der Waals surface area contributed by atoms with E-state index >= 15 is 0 Å². The van der Waals surface area contributed by atoms with Crippen molar-refractivity contribution in [2.75, 3.05) is 0 Å². The van der Waals surface area contributed by atoms with Crippen LogP contribution in [0.15, 0.2) is 23.1 Å². The van der Waals surface area contributed by atoms with Gasteiger partial charge in [-0.3, -0.25) is 5.14 Å². The SMILES string of the molecule is CC1=CC=S(N)C=C1. The molecule has 1 unspecified atom stereocenters. The molecule has 1 atom stereocenters. The fraction of sp³-hybridized carbons (Fsp3) is 0.167. The topological polar surface area (TPSA) is 26.0 Å². The Labute approximate surface area is 51.9 Å². The largest absolute Gasteiger partial charge is 0.280 e. The molecule has 1 aliphatic heterocycles. The second-order valence-electron chi connectivity index (χ2n) is 1.76. The fourth-order valence-electron chi connectivity index (χ4n) is 0.473. The summed E-state index contributed by atoms with van der Waals surface area (Å²) in [5.74, 6) is 0. The minimum absolute atomic E-state index is 0.0928. The lowest BCUT2D eigenvalue weighted by atomic mass is 10.3. The highest BCUT2D eigenvalue weighted by atomic mass is 32.2. The van der Waals surface area contributed by atoms with E-state index in [9.17, 15) is 0 Å². The van der Waals surface area contributed by atoms with E-state index in [2.05, 4.69) is 6.92 Å². The summed E-state index contributed by atoms with van der Waals surface area (Å²) in [4.78, 5) is 0. The summed E-state index contributed by atoms with van der Waals surface area (Å²) in [5.41, 5.74) is 1.28. The summed E-state index contributed by atoms with van der Waals surface area (Å²) in [5, 5.41) is 9.56. The Hall–Kier alpha value is -0.340. The molecule has 1 rings (SSSR count). The van der Waals surface area contributed by atoms with Crippen molar-refractivity contribution in [1.82, 2.24) is 0 Å². The number of allylic oxidation sites excluding steroid dienone is 3.